The first kappa shape index (κ1) is 56.6. The first-order valence-corrected chi connectivity index (χ1v) is 21.3. The third-order valence-electron chi connectivity index (χ3n) is 9.49. The van der Waals surface area contributed by atoms with Crippen LogP contribution in [0, 0.1) is 17.8 Å². The van der Waals surface area contributed by atoms with Crippen LogP contribution in [0.2, 0.25) is 0 Å². The molecule has 0 fully saturated rings. The molecule has 0 aliphatic rings. The number of hydrogen-bond donors (Lipinski definition) is 13. The molecule has 0 radical (unpaired) electrons. The quantitative estimate of drug-likeness (QED) is 0.0323. The minimum Gasteiger partial charge on any atom is -0.480 e. The van der Waals surface area contributed by atoms with Crippen molar-refractivity contribution in [1.29, 1.82) is 0 Å². The average Bonchev–Trinajstić information content (AvgIpc) is 3.16. The smallest absolute Gasteiger partial charge is 0.326 e. The number of nitrogens with two attached hydrogens (primary N) is 3. The first-order valence-electron chi connectivity index (χ1n) is 21.3. The normalized spacial score (nSPS) is 15.9. The zero-order valence-corrected chi connectivity index (χ0v) is 37.3. The van der Waals surface area contributed by atoms with Crippen LogP contribution in [0.4, 0.5) is 0 Å². The van der Waals surface area contributed by atoms with E-state index in [1.165, 1.54) is 13.8 Å². The van der Waals surface area contributed by atoms with E-state index in [0.29, 0.717) is 38.8 Å². The summed E-state index contributed by atoms with van der Waals surface area (Å²) in [7, 11) is 0. The molecule has 0 heterocycles. The van der Waals surface area contributed by atoms with Gasteiger partial charge in [0.25, 0.3) is 0 Å². The molecule has 7 amide bonds. The number of unbranched alkanes of at least 4 members (excludes halogenated alkanes) is 2. The molecule has 0 bridgehead atoms. The van der Waals surface area contributed by atoms with Crippen molar-refractivity contribution in [2.45, 2.75) is 168 Å². The molecule has 9 atom stereocenters. The van der Waals surface area contributed by atoms with Gasteiger partial charge in [-0.1, -0.05) is 41.5 Å². The fourth-order valence-corrected chi connectivity index (χ4v) is 6.26. The lowest BCUT2D eigenvalue weighted by Gasteiger charge is -2.30. The molecule has 0 saturated carbocycles. The van der Waals surface area contributed by atoms with Crippen LogP contribution >= 0.6 is 0 Å². The van der Waals surface area contributed by atoms with E-state index in [9.17, 15) is 53.7 Å². The molecule has 0 saturated heterocycles. The number of carbonyl (C=O) groups is 8. The zero-order valence-electron chi connectivity index (χ0n) is 37.3. The fraction of sp³-hybridized carbons (Fsp3) is 0.800. The van der Waals surface area contributed by atoms with Crippen LogP contribution in [-0.4, -0.2) is 137 Å². The largest absolute Gasteiger partial charge is 0.480 e. The van der Waals surface area contributed by atoms with Crippen molar-refractivity contribution in [1.82, 2.24) is 37.2 Å². The molecule has 0 unspecified atom stereocenters. The summed E-state index contributed by atoms with van der Waals surface area (Å²) >= 11 is 0. The summed E-state index contributed by atoms with van der Waals surface area (Å²) in [5.74, 6) is -7.29. The molecule has 21 heteroatoms. The second-order valence-electron chi connectivity index (χ2n) is 16.8. The SMILES string of the molecule is CC(C)C[C@H](NC(=O)[C@H](CC(C)C)NC(=O)[C@H](CC(C)C)NC(=O)[C@@H](NC(=O)[C@@H](NC(=O)CN)[C@@H](C)O)[C@@H](C)O)C(=O)N[C@@H](CCCCN)C(=O)N[C@@H](CCCCN)C(=O)O. The highest BCUT2D eigenvalue weighted by molar-refractivity contribution is 5.97. The van der Waals surface area contributed by atoms with Gasteiger partial charge in [0.1, 0.15) is 42.3 Å². The number of aliphatic hydroxyl groups excluding tert-OH is 2. The van der Waals surface area contributed by atoms with Gasteiger partial charge in [-0.2, -0.15) is 0 Å². The van der Waals surface area contributed by atoms with Gasteiger partial charge in [-0.25, -0.2) is 4.79 Å². The Morgan fingerprint density at radius 3 is 1.08 bits per heavy atom. The van der Waals surface area contributed by atoms with Gasteiger partial charge in [-0.3, -0.25) is 33.6 Å². The lowest BCUT2D eigenvalue weighted by atomic mass is 9.98. The van der Waals surface area contributed by atoms with Crippen molar-refractivity contribution in [3.8, 4) is 0 Å². The van der Waals surface area contributed by atoms with Crippen LogP contribution in [0.5, 0.6) is 0 Å². The van der Waals surface area contributed by atoms with Crippen molar-refractivity contribution < 1.29 is 53.7 Å². The number of aliphatic hydroxyl groups is 2. The Kier molecular flexibility index (Phi) is 27.6. The standard InChI is InChI=1S/C40H76N10O11/c1-21(2)17-28(35(55)44-26(13-9-11-15-41)34(54)45-27(40(60)61)14-10-12-16-42)46-36(56)29(18-22(3)4)47-37(57)30(19-23(5)6)48-38(58)33(25(8)52)50-39(59)32(24(7)51)49-31(53)20-43/h21-30,32-33,51-52H,9-20,41-43H2,1-8H3,(H,44,55)(H,45,54)(H,46,56)(H,47,57)(H,48,58)(H,49,53)(H,50,59)(H,60,61)/t24-,25-,26+,27+,28+,29+,30+,32+,33+/m1/s1. The minimum absolute atomic E-state index is 0.0681. The molecule has 0 aliphatic carbocycles. The number of carboxylic acid groups (broad SMARTS) is 1. The maximum Gasteiger partial charge on any atom is 0.326 e. The van der Waals surface area contributed by atoms with E-state index in [1.54, 1.807) is 13.8 Å². The number of hydrogen-bond acceptors (Lipinski definition) is 13. The summed E-state index contributed by atoms with van der Waals surface area (Å²) in [4.78, 5) is 106. The molecule has 0 aliphatic heterocycles. The predicted octanol–water partition coefficient (Wildman–Crippen LogP) is -2.42. The number of amides is 7. The average molecular weight is 873 g/mol. The monoisotopic (exact) mass is 873 g/mol. The van der Waals surface area contributed by atoms with Crippen LogP contribution in [0.3, 0.4) is 0 Å². The molecule has 0 aromatic rings. The fourth-order valence-electron chi connectivity index (χ4n) is 6.26. The summed E-state index contributed by atoms with van der Waals surface area (Å²) < 4.78 is 0. The summed E-state index contributed by atoms with van der Waals surface area (Å²) in [6, 6.07) is -9.17. The molecule has 0 spiro atoms. The molecule has 0 rings (SSSR count). The van der Waals surface area contributed by atoms with Crippen LogP contribution in [0.1, 0.15) is 113 Å². The van der Waals surface area contributed by atoms with Gasteiger partial charge in [0.05, 0.1) is 18.8 Å². The number of rotatable bonds is 31. The molecular formula is C40H76N10O11. The second-order valence-corrected chi connectivity index (χ2v) is 16.8. The highest BCUT2D eigenvalue weighted by Crippen LogP contribution is 2.13. The van der Waals surface area contributed by atoms with Gasteiger partial charge in [0.2, 0.25) is 41.4 Å². The Bertz CT molecular complexity index is 1410. The van der Waals surface area contributed by atoms with Gasteiger partial charge in [-0.05, 0) is 102 Å². The van der Waals surface area contributed by atoms with Crippen molar-refractivity contribution in [2.24, 2.45) is 35.0 Å². The van der Waals surface area contributed by atoms with Crippen LogP contribution in [0.15, 0.2) is 0 Å². The lowest BCUT2D eigenvalue weighted by Crippen LogP contribution is -2.62. The Labute approximate surface area is 360 Å². The van der Waals surface area contributed by atoms with Gasteiger partial charge in [0, 0.05) is 0 Å². The van der Waals surface area contributed by atoms with Gasteiger partial charge >= 0.3 is 5.97 Å². The number of carbonyl (C=O) groups excluding carboxylic acids is 7. The van der Waals surface area contributed by atoms with E-state index in [-0.39, 0.29) is 49.9 Å². The summed E-state index contributed by atoms with van der Waals surface area (Å²) in [5.41, 5.74) is 16.5. The zero-order chi connectivity index (χ0) is 47.0. The van der Waals surface area contributed by atoms with Crippen LogP contribution in [-0.2, 0) is 38.4 Å². The molecule has 61 heavy (non-hydrogen) atoms. The molecule has 0 aromatic carbocycles. The second kappa shape index (κ2) is 29.8. The summed E-state index contributed by atoms with van der Waals surface area (Å²) in [6.07, 6.45) is -0.304. The molecule has 352 valence electrons. The van der Waals surface area contributed by atoms with Crippen molar-refractivity contribution in [3.63, 3.8) is 0 Å². The maximum absolute atomic E-state index is 14.0. The van der Waals surface area contributed by atoms with Gasteiger partial charge < -0.3 is 69.7 Å². The van der Waals surface area contributed by atoms with Crippen molar-refractivity contribution >= 4 is 47.3 Å². The maximum atomic E-state index is 14.0. The molecular weight excluding hydrogens is 796 g/mol. The van der Waals surface area contributed by atoms with E-state index in [2.05, 4.69) is 37.2 Å². The summed E-state index contributed by atoms with van der Waals surface area (Å²) in [6.45, 7) is 13.5. The highest BCUT2D eigenvalue weighted by atomic mass is 16.4. The predicted molar refractivity (Wildman–Crippen MR) is 228 cm³/mol. The van der Waals surface area contributed by atoms with Crippen LogP contribution < -0.4 is 54.4 Å². The third kappa shape index (κ3) is 22.8. The molecule has 0 aromatic heterocycles. The Hall–Kier alpha value is -4.44. The van der Waals surface area contributed by atoms with Crippen molar-refractivity contribution in [2.75, 3.05) is 19.6 Å². The molecule has 16 N–H and O–H groups in total. The number of carboxylic acids is 1. The van der Waals surface area contributed by atoms with E-state index in [4.69, 9.17) is 17.2 Å². The van der Waals surface area contributed by atoms with Crippen LogP contribution in [0.25, 0.3) is 0 Å². The van der Waals surface area contributed by atoms with Gasteiger partial charge in [0.15, 0.2) is 0 Å². The molecule has 21 nitrogen and oxygen atoms in total. The highest BCUT2D eigenvalue weighted by Gasteiger charge is 2.36. The Morgan fingerprint density at radius 2 is 0.738 bits per heavy atom. The first-order chi connectivity index (χ1) is 28.5. The number of aliphatic carboxylic acids is 1. The summed E-state index contributed by atoms with van der Waals surface area (Å²) in [5, 5.41) is 48.0. The Morgan fingerprint density at radius 1 is 0.426 bits per heavy atom. The third-order valence-corrected chi connectivity index (χ3v) is 9.49. The lowest BCUT2D eigenvalue weighted by molar-refractivity contribution is -0.142. The van der Waals surface area contributed by atoms with E-state index in [0.717, 1.165) is 0 Å². The van der Waals surface area contributed by atoms with Gasteiger partial charge in [-0.15, -0.1) is 0 Å². The van der Waals surface area contributed by atoms with Crippen molar-refractivity contribution in [3.05, 3.63) is 0 Å². The van der Waals surface area contributed by atoms with E-state index < -0.39 is 108 Å². The van der Waals surface area contributed by atoms with E-state index in [1.807, 2.05) is 27.7 Å². The minimum atomic E-state index is -1.64. The number of nitrogens with one attached hydrogen (secondary N) is 7. The Balaban J connectivity index is 6.41. The topological polar surface area (TPSA) is 360 Å². The van der Waals surface area contributed by atoms with E-state index >= 15 is 0 Å².